The lowest BCUT2D eigenvalue weighted by Crippen LogP contribution is -2.10. The third kappa shape index (κ3) is 2.10. The quantitative estimate of drug-likeness (QED) is 0.328. The van der Waals surface area contributed by atoms with Crippen LogP contribution in [0.2, 0.25) is 0 Å². The molecule has 1 rings (SSSR count). The van der Waals surface area contributed by atoms with Gasteiger partial charge in [-0.15, -0.1) is 12.3 Å². The summed E-state index contributed by atoms with van der Waals surface area (Å²) in [6.07, 6.45) is 9.14. The van der Waals surface area contributed by atoms with Gasteiger partial charge in [0.25, 0.3) is 0 Å². The highest BCUT2D eigenvalue weighted by Gasteiger charge is 2.09. The smallest absolute Gasteiger partial charge is 0.128 e. The number of rotatable bonds is 3. The van der Waals surface area contributed by atoms with Crippen molar-refractivity contribution in [1.82, 2.24) is 0 Å². The van der Waals surface area contributed by atoms with Crippen molar-refractivity contribution in [2.24, 2.45) is 5.16 Å². The van der Waals surface area contributed by atoms with Gasteiger partial charge in [0.2, 0.25) is 0 Å². The second-order valence-corrected chi connectivity index (χ2v) is 2.30. The summed E-state index contributed by atoms with van der Waals surface area (Å²) in [7, 11) is 0. The molecule has 2 nitrogen and oxygen atoms in total. The summed E-state index contributed by atoms with van der Waals surface area (Å²) in [5, 5.41) is 3.89. The summed E-state index contributed by atoms with van der Waals surface area (Å²) >= 11 is 0. The van der Waals surface area contributed by atoms with Gasteiger partial charge in [0.05, 0.1) is 5.71 Å². The Kier molecular flexibility index (Phi) is 2.82. The van der Waals surface area contributed by atoms with E-state index in [-0.39, 0.29) is 0 Å². The van der Waals surface area contributed by atoms with Crippen LogP contribution in [0, 0.1) is 12.3 Å². The third-order valence-electron chi connectivity index (χ3n) is 1.46. The summed E-state index contributed by atoms with van der Waals surface area (Å²) < 4.78 is 0. The molecule has 1 aliphatic carbocycles. The van der Waals surface area contributed by atoms with Crippen molar-refractivity contribution in [3.05, 3.63) is 0 Å². The fourth-order valence-electron chi connectivity index (χ4n) is 0.668. The lowest BCUT2D eigenvalue weighted by molar-refractivity contribution is 0.148. The zero-order valence-electron chi connectivity index (χ0n) is 5.97. The molecule has 0 bridgehead atoms. The molecule has 0 saturated heterocycles. The summed E-state index contributed by atoms with van der Waals surface area (Å²) in [5.74, 6) is 2.48. The Morgan fingerprint density at radius 1 is 1.60 bits per heavy atom. The van der Waals surface area contributed by atoms with Crippen LogP contribution in [0.15, 0.2) is 5.16 Å². The molecule has 0 amide bonds. The standard InChI is InChI=1S/C8H11NO/c1-2-3-7-10-9-8-5-4-6-8/h1H,3-7H2. The van der Waals surface area contributed by atoms with Crippen LogP contribution in [-0.4, -0.2) is 12.3 Å². The highest BCUT2D eigenvalue weighted by Crippen LogP contribution is 2.14. The molecular weight excluding hydrogens is 126 g/mol. The van der Waals surface area contributed by atoms with Gasteiger partial charge in [0.15, 0.2) is 0 Å². The van der Waals surface area contributed by atoms with E-state index in [0.29, 0.717) is 13.0 Å². The normalized spacial score (nSPS) is 15.3. The molecule has 0 aromatic carbocycles. The number of hydrogen-bond donors (Lipinski definition) is 0. The molecule has 0 atom stereocenters. The van der Waals surface area contributed by atoms with Gasteiger partial charge in [-0.05, 0) is 19.3 Å². The van der Waals surface area contributed by atoms with Crippen molar-refractivity contribution < 1.29 is 4.84 Å². The first-order chi connectivity index (χ1) is 4.93. The van der Waals surface area contributed by atoms with Crippen LogP contribution in [0.1, 0.15) is 25.7 Å². The molecule has 0 aromatic heterocycles. The van der Waals surface area contributed by atoms with Crippen molar-refractivity contribution in [2.75, 3.05) is 6.61 Å². The largest absolute Gasteiger partial charge is 0.395 e. The molecule has 1 fully saturated rings. The van der Waals surface area contributed by atoms with Gasteiger partial charge in [-0.3, -0.25) is 0 Å². The monoisotopic (exact) mass is 137 g/mol. The average molecular weight is 137 g/mol. The van der Waals surface area contributed by atoms with Crippen molar-refractivity contribution in [2.45, 2.75) is 25.7 Å². The van der Waals surface area contributed by atoms with Gasteiger partial charge in [-0.1, -0.05) is 5.16 Å². The maximum atomic E-state index is 5.01. The van der Waals surface area contributed by atoms with Crippen LogP contribution >= 0.6 is 0 Å². The Bertz CT molecular complexity index is 161. The molecule has 0 aromatic rings. The van der Waals surface area contributed by atoms with E-state index in [1.165, 1.54) is 12.1 Å². The van der Waals surface area contributed by atoms with Crippen LogP contribution in [0.25, 0.3) is 0 Å². The van der Waals surface area contributed by atoms with E-state index in [1.54, 1.807) is 0 Å². The molecule has 1 aliphatic rings. The van der Waals surface area contributed by atoms with Crippen LogP contribution in [-0.2, 0) is 4.84 Å². The molecule has 0 heterocycles. The topological polar surface area (TPSA) is 21.6 Å². The predicted octanol–water partition coefficient (Wildman–Crippen LogP) is 1.57. The highest BCUT2D eigenvalue weighted by molar-refractivity contribution is 5.88. The molecule has 0 unspecified atom stereocenters. The minimum atomic E-state index is 0.556. The summed E-state index contributed by atoms with van der Waals surface area (Å²) in [6, 6.07) is 0. The SMILES string of the molecule is C#CCCON=C1CCC1. The van der Waals surface area contributed by atoms with Crippen molar-refractivity contribution in [3.63, 3.8) is 0 Å². The number of nitrogens with zero attached hydrogens (tertiary/aromatic N) is 1. The van der Waals surface area contributed by atoms with Crippen LogP contribution in [0.4, 0.5) is 0 Å². The van der Waals surface area contributed by atoms with Gasteiger partial charge < -0.3 is 4.84 Å². The summed E-state index contributed by atoms with van der Waals surface area (Å²) in [4.78, 5) is 4.92. The second-order valence-electron chi connectivity index (χ2n) is 2.30. The van der Waals surface area contributed by atoms with E-state index in [2.05, 4.69) is 11.1 Å². The second kappa shape index (κ2) is 3.94. The fourth-order valence-corrected chi connectivity index (χ4v) is 0.668. The van der Waals surface area contributed by atoms with E-state index in [4.69, 9.17) is 11.3 Å². The van der Waals surface area contributed by atoms with E-state index >= 15 is 0 Å². The summed E-state index contributed by atoms with van der Waals surface area (Å²) in [6.45, 7) is 0.556. The van der Waals surface area contributed by atoms with Crippen LogP contribution in [0.5, 0.6) is 0 Å². The lowest BCUT2D eigenvalue weighted by atomic mass is 9.98. The van der Waals surface area contributed by atoms with Crippen LogP contribution < -0.4 is 0 Å². The predicted molar refractivity (Wildman–Crippen MR) is 40.7 cm³/mol. The average Bonchev–Trinajstić information content (AvgIpc) is 1.84. The van der Waals surface area contributed by atoms with Gasteiger partial charge in [0, 0.05) is 6.42 Å². The molecule has 1 saturated carbocycles. The van der Waals surface area contributed by atoms with Crippen molar-refractivity contribution in [3.8, 4) is 12.3 Å². The van der Waals surface area contributed by atoms with Gasteiger partial charge >= 0.3 is 0 Å². The van der Waals surface area contributed by atoms with Gasteiger partial charge in [0.1, 0.15) is 6.61 Å². The minimum Gasteiger partial charge on any atom is -0.395 e. The fraction of sp³-hybridized carbons (Fsp3) is 0.625. The maximum absolute atomic E-state index is 5.01. The number of terminal acetylenes is 1. The van der Waals surface area contributed by atoms with Crippen molar-refractivity contribution >= 4 is 5.71 Å². The zero-order valence-corrected chi connectivity index (χ0v) is 5.97. The Labute approximate surface area is 61.3 Å². The first-order valence-electron chi connectivity index (χ1n) is 3.54. The molecular formula is C8H11NO. The Balaban J connectivity index is 1.99. The van der Waals surface area contributed by atoms with E-state index in [9.17, 15) is 0 Å². The van der Waals surface area contributed by atoms with Crippen LogP contribution in [0.3, 0.4) is 0 Å². The molecule has 0 spiro atoms. The number of hydrogen-bond acceptors (Lipinski definition) is 2. The third-order valence-corrected chi connectivity index (χ3v) is 1.46. The van der Waals surface area contributed by atoms with E-state index < -0.39 is 0 Å². The highest BCUT2D eigenvalue weighted by atomic mass is 16.6. The molecule has 0 radical (unpaired) electrons. The number of oxime groups is 1. The van der Waals surface area contributed by atoms with Gasteiger partial charge in [-0.25, -0.2) is 0 Å². The first-order valence-corrected chi connectivity index (χ1v) is 3.54. The summed E-state index contributed by atoms with van der Waals surface area (Å²) in [5.41, 5.74) is 1.18. The Morgan fingerprint density at radius 3 is 2.90 bits per heavy atom. The Morgan fingerprint density at radius 2 is 2.40 bits per heavy atom. The first kappa shape index (κ1) is 7.14. The lowest BCUT2D eigenvalue weighted by Gasteiger charge is -2.12. The van der Waals surface area contributed by atoms with E-state index in [0.717, 1.165) is 12.8 Å². The zero-order chi connectivity index (χ0) is 7.23. The van der Waals surface area contributed by atoms with Crippen molar-refractivity contribution in [1.29, 1.82) is 0 Å². The maximum Gasteiger partial charge on any atom is 0.128 e. The molecule has 54 valence electrons. The van der Waals surface area contributed by atoms with Gasteiger partial charge in [-0.2, -0.15) is 0 Å². The minimum absolute atomic E-state index is 0.556. The molecule has 0 N–H and O–H groups in total. The van der Waals surface area contributed by atoms with E-state index in [1.807, 2.05) is 0 Å². The molecule has 2 heteroatoms. The molecule has 0 aliphatic heterocycles. The molecule has 10 heavy (non-hydrogen) atoms. The Hall–Kier alpha value is -0.970.